The first-order valence-corrected chi connectivity index (χ1v) is 7.93. The van der Waals surface area contributed by atoms with Crippen LogP contribution in [0.25, 0.3) is 11.3 Å². The fraction of sp³-hybridized carbons (Fsp3) is 0.375. The van der Waals surface area contributed by atoms with Gasteiger partial charge in [-0.15, -0.1) is 0 Å². The molecule has 0 aliphatic carbocycles. The minimum Gasteiger partial charge on any atom is -0.331 e. The van der Waals surface area contributed by atoms with E-state index in [1.54, 1.807) is 0 Å². The maximum atomic E-state index is 12.5. The van der Waals surface area contributed by atoms with E-state index in [-0.39, 0.29) is 5.56 Å². The van der Waals surface area contributed by atoms with E-state index in [1.165, 1.54) is 0 Å². The van der Waals surface area contributed by atoms with Crippen molar-refractivity contribution in [3.8, 4) is 11.3 Å². The number of benzene rings is 1. The van der Waals surface area contributed by atoms with Crippen LogP contribution in [0.3, 0.4) is 0 Å². The molecule has 2 heterocycles. The Kier molecular flexibility index (Phi) is 4.24. The highest BCUT2D eigenvalue weighted by Crippen LogP contribution is 2.21. The number of H-pyrrole nitrogens is 2. The van der Waals surface area contributed by atoms with E-state index < -0.39 is 0 Å². The number of hydrogen-bond acceptors (Lipinski definition) is 3. The molecule has 116 valence electrons. The Morgan fingerprint density at radius 2 is 1.82 bits per heavy atom. The highest BCUT2D eigenvalue weighted by molar-refractivity contribution is 7.71. The van der Waals surface area contributed by atoms with E-state index in [0.29, 0.717) is 11.3 Å². The molecule has 6 heteroatoms. The average Bonchev–Trinajstić information content (AvgIpc) is 2.51. The van der Waals surface area contributed by atoms with Crippen LogP contribution in [0.4, 0.5) is 0 Å². The average molecular weight is 317 g/mol. The zero-order valence-electron chi connectivity index (χ0n) is 12.7. The lowest BCUT2D eigenvalue weighted by atomic mass is 10.1. The molecular formula is C16H21N4OS+. The van der Waals surface area contributed by atoms with Crippen LogP contribution in [0.1, 0.15) is 5.56 Å². The topological polar surface area (TPSA) is 60.7 Å². The fourth-order valence-corrected chi connectivity index (χ4v) is 3.18. The Bertz CT molecular complexity index is 760. The summed E-state index contributed by atoms with van der Waals surface area (Å²) in [5, 5.41) is 3.37. The molecule has 0 atom stereocenters. The first-order valence-electron chi connectivity index (χ1n) is 7.53. The maximum Gasteiger partial charge on any atom is 0.261 e. The van der Waals surface area contributed by atoms with Crippen molar-refractivity contribution in [2.45, 2.75) is 6.54 Å². The van der Waals surface area contributed by atoms with E-state index in [9.17, 15) is 4.79 Å². The Morgan fingerprint density at radius 1 is 1.14 bits per heavy atom. The molecule has 5 nitrogen and oxygen atoms in total. The van der Waals surface area contributed by atoms with Crippen LogP contribution in [0.2, 0.25) is 0 Å². The van der Waals surface area contributed by atoms with Crippen molar-refractivity contribution in [2.24, 2.45) is 0 Å². The third-order valence-electron chi connectivity index (χ3n) is 4.30. The number of quaternary nitrogens is 1. The number of aromatic amines is 2. The van der Waals surface area contributed by atoms with Gasteiger partial charge in [-0.25, -0.2) is 0 Å². The lowest BCUT2D eigenvalue weighted by Gasteiger charge is -2.38. The van der Waals surface area contributed by atoms with Crippen LogP contribution in [0, 0.1) is 4.77 Å². The van der Waals surface area contributed by atoms with Crippen molar-refractivity contribution in [3.63, 3.8) is 0 Å². The molecule has 0 bridgehead atoms. The summed E-state index contributed by atoms with van der Waals surface area (Å²) in [6.45, 7) is 4.70. The van der Waals surface area contributed by atoms with E-state index in [0.717, 1.165) is 47.5 Å². The van der Waals surface area contributed by atoms with Gasteiger partial charge in [0.1, 0.15) is 6.54 Å². The molecule has 3 N–H and O–H groups in total. The van der Waals surface area contributed by atoms with Crippen molar-refractivity contribution in [1.82, 2.24) is 15.3 Å². The standard InChI is InChI=1S/C16H20N4OS/c1-20(9-7-17-8-10-20)11-13-14(12-5-3-2-4-6-12)18-16(22)19-15(13)21/h2-6,17H,7-11H2,1H3,(H-,18,19,21,22)/p+1. The maximum absolute atomic E-state index is 12.5. The molecule has 0 unspecified atom stereocenters. The van der Waals surface area contributed by atoms with Crippen LogP contribution in [-0.4, -0.2) is 47.7 Å². The third-order valence-corrected chi connectivity index (χ3v) is 4.50. The molecule has 0 amide bonds. The highest BCUT2D eigenvalue weighted by Gasteiger charge is 2.27. The van der Waals surface area contributed by atoms with Gasteiger partial charge in [-0.05, 0) is 17.8 Å². The van der Waals surface area contributed by atoms with Gasteiger partial charge in [-0.3, -0.25) is 9.78 Å². The largest absolute Gasteiger partial charge is 0.331 e. The molecule has 1 aromatic heterocycles. The zero-order chi connectivity index (χ0) is 15.6. The molecule has 1 fully saturated rings. The summed E-state index contributed by atoms with van der Waals surface area (Å²) in [7, 11) is 2.21. The summed E-state index contributed by atoms with van der Waals surface area (Å²) in [6, 6.07) is 9.91. The van der Waals surface area contributed by atoms with Crippen molar-refractivity contribution in [3.05, 3.63) is 51.0 Å². The molecule has 22 heavy (non-hydrogen) atoms. The van der Waals surface area contributed by atoms with Gasteiger partial charge in [0.05, 0.1) is 31.4 Å². The number of likely N-dealkylation sites (N-methyl/N-ethyl adjacent to an activating group) is 1. The fourth-order valence-electron chi connectivity index (χ4n) is 2.99. The predicted molar refractivity (Wildman–Crippen MR) is 90.2 cm³/mol. The monoisotopic (exact) mass is 317 g/mol. The molecule has 0 radical (unpaired) electrons. The Balaban J connectivity index is 2.07. The number of piperazine rings is 1. The van der Waals surface area contributed by atoms with Gasteiger partial charge >= 0.3 is 0 Å². The molecule has 1 aliphatic heterocycles. The summed E-state index contributed by atoms with van der Waals surface area (Å²) in [6.07, 6.45) is 0. The van der Waals surface area contributed by atoms with Crippen molar-refractivity contribution in [1.29, 1.82) is 0 Å². The molecule has 0 saturated carbocycles. The van der Waals surface area contributed by atoms with Crippen LogP contribution in [0.5, 0.6) is 0 Å². The summed E-state index contributed by atoms with van der Waals surface area (Å²) in [4.78, 5) is 18.4. The number of aromatic nitrogens is 2. The summed E-state index contributed by atoms with van der Waals surface area (Å²) in [5.41, 5.74) is 2.54. The molecule has 1 saturated heterocycles. The Hall–Kier alpha value is -1.76. The molecule has 2 aromatic rings. The second-order valence-electron chi connectivity index (χ2n) is 6.10. The highest BCUT2D eigenvalue weighted by atomic mass is 32.1. The molecule has 0 spiro atoms. The molecule has 3 rings (SSSR count). The SMILES string of the molecule is C[N+]1(Cc2c(-c3ccccc3)[nH]c(=S)[nH]c2=O)CCNCC1. The van der Waals surface area contributed by atoms with Gasteiger partial charge in [-0.1, -0.05) is 30.3 Å². The van der Waals surface area contributed by atoms with Gasteiger partial charge in [0.25, 0.3) is 5.56 Å². The third kappa shape index (κ3) is 3.19. The van der Waals surface area contributed by atoms with Crippen molar-refractivity contribution >= 4 is 12.2 Å². The first-order chi connectivity index (χ1) is 10.6. The van der Waals surface area contributed by atoms with Gasteiger partial charge in [0.15, 0.2) is 4.77 Å². The smallest absolute Gasteiger partial charge is 0.261 e. The van der Waals surface area contributed by atoms with E-state index >= 15 is 0 Å². The van der Waals surface area contributed by atoms with Gasteiger partial charge in [0.2, 0.25) is 0 Å². The number of rotatable bonds is 3. The minimum absolute atomic E-state index is 0.0829. The van der Waals surface area contributed by atoms with Crippen LogP contribution < -0.4 is 10.9 Å². The number of hydrogen-bond donors (Lipinski definition) is 3. The lowest BCUT2D eigenvalue weighted by molar-refractivity contribution is -0.924. The van der Waals surface area contributed by atoms with Gasteiger partial charge in [0, 0.05) is 13.1 Å². The van der Waals surface area contributed by atoms with Crippen LogP contribution in [0.15, 0.2) is 35.1 Å². The molecule has 1 aromatic carbocycles. The van der Waals surface area contributed by atoms with Gasteiger partial charge < -0.3 is 14.8 Å². The Labute approximate surface area is 134 Å². The van der Waals surface area contributed by atoms with E-state index in [1.807, 2.05) is 30.3 Å². The number of nitrogens with one attached hydrogen (secondary N) is 3. The van der Waals surface area contributed by atoms with Crippen LogP contribution in [-0.2, 0) is 6.54 Å². The first kappa shape index (κ1) is 15.1. The number of nitrogens with zero attached hydrogens (tertiary/aromatic N) is 1. The van der Waals surface area contributed by atoms with E-state index in [2.05, 4.69) is 22.3 Å². The molecular weight excluding hydrogens is 296 g/mol. The zero-order valence-corrected chi connectivity index (χ0v) is 13.5. The normalized spacial score (nSPS) is 17.3. The van der Waals surface area contributed by atoms with E-state index in [4.69, 9.17) is 12.2 Å². The van der Waals surface area contributed by atoms with Gasteiger partial charge in [-0.2, -0.15) is 0 Å². The second-order valence-corrected chi connectivity index (χ2v) is 6.51. The lowest BCUT2D eigenvalue weighted by Crippen LogP contribution is -2.55. The Morgan fingerprint density at radius 3 is 2.50 bits per heavy atom. The second kappa shape index (κ2) is 6.16. The van der Waals surface area contributed by atoms with Crippen molar-refractivity contribution in [2.75, 3.05) is 33.2 Å². The quantitative estimate of drug-likeness (QED) is 0.596. The molecule has 1 aliphatic rings. The summed E-state index contributed by atoms with van der Waals surface area (Å²) < 4.78 is 1.23. The summed E-state index contributed by atoms with van der Waals surface area (Å²) >= 11 is 5.15. The van der Waals surface area contributed by atoms with Crippen molar-refractivity contribution < 1.29 is 4.48 Å². The van der Waals surface area contributed by atoms with Crippen LogP contribution >= 0.6 is 12.2 Å². The minimum atomic E-state index is -0.0829. The summed E-state index contributed by atoms with van der Waals surface area (Å²) in [5.74, 6) is 0. The predicted octanol–water partition coefficient (Wildman–Crippen LogP) is 1.65.